The lowest BCUT2D eigenvalue weighted by Crippen LogP contribution is -2.27. The summed E-state index contributed by atoms with van der Waals surface area (Å²) in [6.07, 6.45) is 11.8. The molecule has 3 aliphatic rings. The molecule has 0 aromatic carbocycles. The molecule has 0 bridgehead atoms. The molecule has 1 aliphatic carbocycles. The lowest BCUT2D eigenvalue weighted by atomic mass is 10.1. The van der Waals surface area contributed by atoms with Crippen molar-refractivity contribution in [3.63, 3.8) is 0 Å². The number of aromatic nitrogens is 2. The molecule has 2 atom stereocenters. The van der Waals surface area contributed by atoms with E-state index in [0.29, 0.717) is 11.8 Å². The molecular formula is C25H30N4O3. The van der Waals surface area contributed by atoms with Crippen LogP contribution in [-0.2, 0) is 9.53 Å². The van der Waals surface area contributed by atoms with Gasteiger partial charge >= 0.3 is 0 Å². The predicted molar refractivity (Wildman–Crippen MR) is 122 cm³/mol. The van der Waals surface area contributed by atoms with Crippen molar-refractivity contribution >= 4 is 17.7 Å². The first-order valence-electron chi connectivity index (χ1n) is 11.6. The van der Waals surface area contributed by atoms with Crippen LogP contribution in [0, 0.1) is 17.8 Å². The molecule has 2 aromatic heterocycles. The third-order valence-electron chi connectivity index (χ3n) is 6.80. The summed E-state index contributed by atoms with van der Waals surface area (Å²) < 4.78 is 11.5. The summed E-state index contributed by atoms with van der Waals surface area (Å²) in [5, 5.41) is 3.01. The smallest absolute Gasteiger partial charge is 0.244 e. The van der Waals surface area contributed by atoms with Crippen molar-refractivity contribution in [3.05, 3.63) is 54.5 Å². The van der Waals surface area contributed by atoms with Crippen molar-refractivity contribution in [2.45, 2.75) is 25.4 Å². The van der Waals surface area contributed by atoms with E-state index < -0.39 is 0 Å². The summed E-state index contributed by atoms with van der Waals surface area (Å²) in [6, 6.07) is 7.94. The molecule has 2 unspecified atom stereocenters. The summed E-state index contributed by atoms with van der Waals surface area (Å²) in [5.41, 5.74) is 2.12. The summed E-state index contributed by atoms with van der Waals surface area (Å²) in [4.78, 5) is 22.9. The Labute approximate surface area is 188 Å². The van der Waals surface area contributed by atoms with E-state index in [-0.39, 0.29) is 12.0 Å². The van der Waals surface area contributed by atoms with Crippen LogP contribution >= 0.6 is 0 Å². The van der Waals surface area contributed by atoms with E-state index in [0.717, 1.165) is 69.5 Å². The van der Waals surface area contributed by atoms with Crippen LogP contribution in [0.15, 0.2) is 48.9 Å². The Morgan fingerprint density at radius 3 is 2.84 bits per heavy atom. The largest absolute Gasteiger partial charge is 0.474 e. The van der Waals surface area contributed by atoms with Gasteiger partial charge in [0.15, 0.2) is 0 Å². The second-order valence-corrected chi connectivity index (χ2v) is 8.88. The van der Waals surface area contributed by atoms with Crippen LogP contribution < -0.4 is 15.0 Å². The minimum absolute atomic E-state index is 0.0462. The number of anilines is 1. The number of rotatable bonds is 8. The Balaban J connectivity index is 1.04. The standard InChI is InChI=1S/C25H30N4O3/c30-24(4-3-18-2-1-9-26-15-18)27-11-6-21-22-16-29(17-23(21)22)19-5-10-28-25(14-19)32-20-7-12-31-13-8-20/h1-5,9-10,14-15,20-23H,6-8,11-13,16-17H2,(H,27,30)/b4-3+. The van der Waals surface area contributed by atoms with Gasteiger partial charge in [-0.25, -0.2) is 4.98 Å². The lowest BCUT2D eigenvalue weighted by molar-refractivity contribution is -0.116. The minimum Gasteiger partial charge on any atom is -0.474 e. The van der Waals surface area contributed by atoms with E-state index in [4.69, 9.17) is 9.47 Å². The van der Waals surface area contributed by atoms with E-state index in [1.165, 1.54) is 5.69 Å². The van der Waals surface area contributed by atoms with Gasteiger partial charge < -0.3 is 19.7 Å². The molecular weight excluding hydrogens is 404 g/mol. The first-order valence-corrected chi connectivity index (χ1v) is 11.6. The van der Waals surface area contributed by atoms with Crippen molar-refractivity contribution in [1.29, 1.82) is 0 Å². The number of fused-ring (bicyclic) bond motifs is 1. The first-order chi connectivity index (χ1) is 15.8. The van der Waals surface area contributed by atoms with Gasteiger partial charge in [-0.2, -0.15) is 0 Å². The predicted octanol–water partition coefficient (Wildman–Crippen LogP) is 2.94. The highest BCUT2D eigenvalue weighted by Crippen LogP contribution is 2.54. The third kappa shape index (κ3) is 5.10. The van der Waals surface area contributed by atoms with Crippen LogP contribution in [0.4, 0.5) is 5.69 Å². The van der Waals surface area contributed by atoms with Crippen LogP contribution in [0.3, 0.4) is 0 Å². The monoisotopic (exact) mass is 434 g/mol. The van der Waals surface area contributed by atoms with Gasteiger partial charge in [0.2, 0.25) is 11.8 Å². The highest BCUT2D eigenvalue weighted by molar-refractivity contribution is 5.91. The normalized spacial score (nSPS) is 25.0. The number of carbonyl (C=O) groups is 1. The molecule has 32 heavy (non-hydrogen) atoms. The second-order valence-electron chi connectivity index (χ2n) is 8.88. The summed E-state index contributed by atoms with van der Waals surface area (Å²) in [5.74, 6) is 2.84. The van der Waals surface area contributed by atoms with Gasteiger partial charge in [0, 0.05) is 68.9 Å². The van der Waals surface area contributed by atoms with Gasteiger partial charge in [-0.1, -0.05) is 6.07 Å². The van der Waals surface area contributed by atoms with Crippen molar-refractivity contribution in [2.75, 3.05) is 37.7 Å². The summed E-state index contributed by atoms with van der Waals surface area (Å²) in [6.45, 7) is 4.41. The molecule has 1 saturated carbocycles. The SMILES string of the molecule is O=C(/C=C/c1cccnc1)NCCC1C2CN(c3ccnc(OC4CCOCC4)c3)CC12. The van der Waals surface area contributed by atoms with E-state index in [2.05, 4.69) is 32.3 Å². The Hall–Kier alpha value is -2.93. The third-order valence-corrected chi connectivity index (χ3v) is 6.80. The number of nitrogens with zero attached hydrogens (tertiary/aromatic N) is 3. The molecule has 4 heterocycles. The van der Waals surface area contributed by atoms with Crippen molar-refractivity contribution in [2.24, 2.45) is 17.8 Å². The fraction of sp³-hybridized carbons (Fsp3) is 0.480. The van der Waals surface area contributed by atoms with Crippen molar-refractivity contribution < 1.29 is 14.3 Å². The molecule has 7 nitrogen and oxygen atoms in total. The Kier molecular flexibility index (Phi) is 6.34. The Morgan fingerprint density at radius 1 is 1.22 bits per heavy atom. The van der Waals surface area contributed by atoms with Crippen LogP contribution in [0.25, 0.3) is 6.08 Å². The topological polar surface area (TPSA) is 76.6 Å². The molecule has 1 N–H and O–H groups in total. The fourth-order valence-electron chi connectivity index (χ4n) is 4.98. The van der Waals surface area contributed by atoms with Gasteiger partial charge in [-0.15, -0.1) is 0 Å². The number of pyridine rings is 2. The molecule has 168 valence electrons. The van der Waals surface area contributed by atoms with Crippen LogP contribution in [-0.4, -0.2) is 54.8 Å². The second kappa shape index (κ2) is 9.69. The minimum atomic E-state index is -0.0462. The molecule has 2 aliphatic heterocycles. The average Bonchev–Trinajstić information content (AvgIpc) is 3.27. The number of nitrogens with one attached hydrogen (secondary N) is 1. The molecule has 0 spiro atoms. The quantitative estimate of drug-likeness (QED) is 0.644. The zero-order chi connectivity index (χ0) is 21.8. The van der Waals surface area contributed by atoms with Crippen molar-refractivity contribution in [1.82, 2.24) is 15.3 Å². The van der Waals surface area contributed by atoms with Crippen LogP contribution in [0.2, 0.25) is 0 Å². The number of carbonyl (C=O) groups excluding carboxylic acids is 1. The van der Waals surface area contributed by atoms with Gasteiger partial charge in [0.1, 0.15) is 6.10 Å². The number of amides is 1. The number of ether oxygens (including phenoxy) is 2. The first kappa shape index (κ1) is 20.9. The fourth-order valence-corrected chi connectivity index (χ4v) is 4.98. The van der Waals surface area contributed by atoms with E-state index in [1.54, 1.807) is 24.5 Å². The number of hydrogen-bond donors (Lipinski definition) is 1. The molecule has 3 fully saturated rings. The molecule has 0 radical (unpaired) electrons. The number of hydrogen-bond acceptors (Lipinski definition) is 6. The summed E-state index contributed by atoms with van der Waals surface area (Å²) >= 11 is 0. The van der Waals surface area contributed by atoms with Crippen molar-refractivity contribution in [3.8, 4) is 5.88 Å². The van der Waals surface area contributed by atoms with Gasteiger partial charge in [-0.3, -0.25) is 9.78 Å². The highest BCUT2D eigenvalue weighted by Gasteiger charge is 2.54. The van der Waals surface area contributed by atoms with Gasteiger partial charge in [-0.05, 0) is 47.9 Å². The highest BCUT2D eigenvalue weighted by atomic mass is 16.5. The van der Waals surface area contributed by atoms with Crippen LogP contribution in [0.5, 0.6) is 5.88 Å². The van der Waals surface area contributed by atoms with E-state index in [9.17, 15) is 4.79 Å². The van der Waals surface area contributed by atoms with Gasteiger partial charge in [0.05, 0.1) is 13.2 Å². The number of piperidine rings is 1. The average molecular weight is 435 g/mol. The maximum absolute atomic E-state index is 12.0. The molecule has 7 heteroatoms. The molecule has 5 rings (SSSR count). The summed E-state index contributed by atoms with van der Waals surface area (Å²) in [7, 11) is 0. The molecule has 1 amide bonds. The molecule has 2 aromatic rings. The zero-order valence-electron chi connectivity index (χ0n) is 18.2. The zero-order valence-corrected chi connectivity index (χ0v) is 18.2. The maximum Gasteiger partial charge on any atom is 0.244 e. The van der Waals surface area contributed by atoms with E-state index >= 15 is 0 Å². The maximum atomic E-state index is 12.0. The Bertz CT molecular complexity index is 933. The molecule has 2 saturated heterocycles. The van der Waals surface area contributed by atoms with E-state index in [1.807, 2.05) is 18.3 Å². The lowest BCUT2D eigenvalue weighted by Gasteiger charge is -2.25. The van der Waals surface area contributed by atoms with Crippen LogP contribution in [0.1, 0.15) is 24.8 Å². The van der Waals surface area contributed by atoms with Gasteiger partial charge in [0.25, 0.3) is 0 Å². The Morgan fingerprint density at radius 2 is 2.06 bits per heavy atom.